The quantitative estimate of drug-likeness (QED) is 0.737. The molecule has 0 N–H and O–H groups in total. The Bertz CT molecular complexity index is 784. The molecule has 0 saturated carbocycles. The highest BCUT2D eigenvalue weighted by Crippen LogP contribution is 2.21. The summed E-state index contributed by atoms with van der Waals surface area (Å²) in [4.78, 5) is 14.3. The third-order valence-electron chi connectivity index (χ3n) is 3.20. The molecule has 0 unspecified atom stereocenters. The zero-order valence-electron chi connectivity index (χ0n) is 11.8. The number of hydrogen-bond acceptors (Lipinski definition) is 4. The molecule has 0 aliphatic heterocycles. The van der Waals surface area contributed by atoms with Gasteiger partial charge in [-0.2, -0.15) is 11.3 Å². The lowest BCUT2D eigenvalue weighted by Gasteiger charge is -2.17. The smallest absolute Gasteiger partial charge is 0.274 e. The van der Waals surface area contributed by atoms with Gasteiger partial charge in [-0.1, -0.05) is 28.9 Å². The third kappa shape index (κ3) is 2.88. The SMILES string of the molecule is CN(Cc1ccsc1)C(=O)c1cnnn1-c1ccccc1Cl. The van der Waals surface area contributed by atoms with Crippen LogP contribution in [0, 0.1) is 0 Å². The van der Waals surface area contributed by atoms with Gasteiger partial charge in [0.25, 0.3) is 5.91 Å². The molecule has 2 heterocycles. The van der Waals surface area contributed by atoms with Crippen LogP contribution < -0.4 is 0 Å². The van der Waals surface area contributed by atoms with E-state index in [1.165, 1.54) is 10.9 Å². The van der Waals surface area contributed by atoms with Gasteiger partial charge in [0.05, 0.1) is 16.9 Å². The van der Waals surface area contributed by atoms with Gasteiger partial charge < -0.3 is 4.90 Å². The van der Waals surface area contributed by atoms with Gasteiger partial charge in [-0.05, 0) is 34.5 Å². The molecule has 2 aromatic heterocycles. The normalized spacial score (nSPS) is 10.6. The number of aromatic nitrogens is 3. The van der Waals surface area contributed by atoms with Gasteiger partial charge in [0, 0.05) is 13.6 Å². The van der Waals surface area contributed by atoms with Crippen molar-refractivity contribution in [3.63, 3.8) is 0 Å². The number of halogens is 1. The van der Waals surface area contributed by atoms with Crippen LogP contribution in [0.15, 0.2) is 47.3 Å². The monoisotopic (exact) mass is 332 g/mol. The van der Waals surface area contributed by atoms with Gasteiger partial charge in [0.15, 0.2) is 5.69 Å². The van der Waals surface area contributed by atoms with Crippen LogP contribution in [0.5, 0.6) is 0 Å². The number of nitrogens with zero attached hydrogens (tertiary/aromatic N) is 4. The molecule has 3 aromatic rings. The average molecular weight is 333 g/mol. The minimum Gasteiger partial charge on any atom is -0.336 e. The molecular weight excluding hydrogens is 320 g/mol. The molecule has 1 amide bonds. The van der Waals surface area contributed by atoms with Crippen molar-refractivity contribution in [2.24, 2.45) is 0 Å². The van der Waals surface area contributed by atoms with Gasteiger partial charge in [0.2, 0.25) is 0 Å². The van der Waals surface area contributed by atoms with Crippen LogP contribution >= 0.6 is 22.9 Å². The molecule has 0 saturated heterocycles. The number of rotatable bonds is 4. The number of benzene rings is 1. The van der Waals surface area contributed by atoms with Crippen molar-refractivity contribution in [1.29, 1.82) is 0 Å². The lowest BCUT2D eigenvalue weighted by atomic mass is 10.3. The second kappa shape index (κ2) is 6.29. The lowest BCUT2D eigenvalue weighted by Crippen LogP contribution is -2.28. The molecule has 0 bridgehead atoms. The summed E-state index contributed by atoms with van der Waals surface area (Å²) in [7, 11) is 1.75. The zero-order chi connectivity index (χ0) is 15.5. The number of para-hydroxylation sites is 1. The van der Waals surface area contributed by atoms with Crippen LogP contribution in [-0.4, -0.2) is 32.8 Å². The molecule has 3 rings (SSSR count). The van der Waals surface area contributed by atoms with E-state index in [0.717, 1.165) is 5.56 Å². The van der Waals surface area contributed by atoms with Gasteiger partial charge in [0.1, 0.15) is 0 Å². The summed E-state index contributed by atoms with van der Waals surface area (Å²) >= 11 is 7.78. The van der Waals surface area contributed by atoms with E-state index in [1.54, 1.807) is 35.4 Å². The molecule has 7 heteroatoms. The minimum absolute atomic E-state index is 0.156. The van der Waals surface area contributed by atoms with E-state index >= 15 is 0 Å². The van der Waals surface area contributed by atoms with Gasteiger partial charge in [-0.25, -0.2) is 4.68 Å². The van der Waals surface area contributed by atoms with Crippen LogP contribution in [0.4, 0.5) is 0 Å². The van der Waals surface area contributed by atoms with E-state index in [0.29, 0.717) is 22.9 Å². The van der Waals surface area contributed by atoms with Crippen molar-refractivity contribution in [3.05, 3.63) is 63.6 Å². The Morgan fingerprint density at radius 1 is 1.36 bits per heavy atom. The summed E-state index contributed by atoms with van der Waals surface area (Å²) in [5.41, 5.74) is 2.11. The minimum atomic E-state index is -0.156. The van der Waals surface area contributed by atoms with Gasteiger partial charge >= 0.3 is 0 Å². The molecule has 0 aliphatic carbocycles. The maximum Gasteiger partial charge on any atom is 0.274 e. The maximum absolute atomic E-state index is 12.6. The van der Waals surface area contributed by atoms with E-state index < -0.39 is 0 Å². The van der Waals surface area contributed by atoms with E-state index in [9.17, 15) is 4.79 Å². The first-order valence-electron chi connectivity index (χ1n) is 6.59. The molecule has 0 spiro atoms. The fourth-order valence-corrected chi connectivity index (χ4v) is 2.98. The predicted molar refractivity (Wildman–Crippen MR) is 86.5 cm³/mol. The Morgan fingerprint density at radius 2 is 2.18 bits per heavy atom. The number of amides is 1. The second-order valence-corrected chi connectivity index (χ2v) is 5.96. The molecule has 5 nitrogen and oxygen atoms in total. The largest absolute Gasteiger partial charge is 0.336 e. The number of hydrogen-bond donors (Lipinski definition) is 0. The summed E-state index contributed by atoms with van der Waals surface area (Å²) < 4.78 is 1.47. The van der Waals surface area contributed by atoms with Crippen LogP contribution in [-0.2, 0) is 6.54 Å². The van der Waals surface area contributed by atoms with E-state index in [2.05, 4.69) is 10.3 Å². The van der Waals surface area contributed by atoms with Crippen molar-refractivity contribution >= 4 is 28.8 Å². The molecule has 1 aromatic carbocycles. The van der Waals surface area contributed by atoms with Crippen LogP contribution in [0.3, 0.4) is 0 Å². The lowest BCUT2D eigenvalue weighted by molar-refractivity contribution is 0.0776. The third-order valence-corrected chi connectivity index (χ3v) is 4.25. The summed E-state index contributed by atoms with van der Waals surface area (Å²) in [6, 6.07) is 9.21. The standard InChI is InChI=1S/C15H13ClN4OS/c1-19(9-11-6-7-22-10-11)15(21)14-8-17-18-20(14)13-5-3-2-4-12(13)16/h2-8,10H,9H2,1H3. The highest BCUT2D eigenvalue weighted by Gasteiger charge is 2.19. The topological polar surface area (TPSA) is 51.0 Å². The Labute approximate surface area is 136 Å². The van der Waals surface area contributed by atoms with Crippen LogP contribution in [0.2, 0.25) is 5.02 Å². The van der Waals surface area contributed by atoms with Gasteiger partial charge in [-0.15, -0.1) is 5.10 Å². The molecule has 0 radical (unpaired) electrons. The average Bonchev–Trinajstić information content (AvgIpc) is 3.18. The summed E-state index contributed by atoms with van der Waals surface area (Å²) in [6.45, 7) is 0.538. The molecule has 0 atom stereocenters. The molecule has 0 aliphatic rings. The predicted octanol–water partition coefficient (Wildman–Crippen LogP) is 3.25. The second-order valence-electron chi connectivity index (χ2n) is 4.78. The molecule has 0 fully saturated rings. The van der Waals surface area contributed by atoms with Crippen molar-refractivity contribution in [2.45, 2.75) is 6.54 Å². The number of thiophene rings is 1. The fraction of sp³-hybridized carbons (Fsp3) is 0.133. The van der Waals surface area contributed by atoms with Crippen molar-refractivity contribution < 1.29 is 4.79 Å². The summed E-state index contributed by atoms with van der Waals surface area (Å²) in [5, 5.41) is 12.4. The number of carbonyl (C=O) groups excluding carboxylic acids is 1. The Balaban J connectivity index is 1.88. The van der Waals surface area contributed by atoms with E-state index in [4.69, 9.17) is 11.6 Å². The van der Waals surface area contributed by atoms with Crippen molar-refractivity contribution in [2.75, 3.05) is 7.05 Å². The zero-order valence-corrected chi connectivity index (χ0v) is 13.4. The highest BCUT2D eigenvalue weighted by molar-refractivity contribution is 7.07. The number of carbonyl (C=O) groups is 1. The maximum atomic E-state index is 12.6. The summed E-state index contributed by atoms with van der Waals surface area (Å²) in [5.74, 6) is -0.156. The first kappa shape index (κ1) is 14.7. The molecular formula is C15H13ClN4OS. The van der Waals surface area contributed by atoms with E-state index in [1.807, 2.05) is 29.0 Å². The highest BCUT2D eigenvalue weighted by atomic mass is 35.5. The fourth-order valence-electron chi connectivity index (χ4n) is 2.11. The van der Waals surface area contributed by atoms with Crippen LogP contribution in [0.25, 0.3) is 5.69 Å². The Kier molecular flexibility index (Phi) is 4.22. The van der Waals surface area contributed by atoms with E-state index in [-0.39, 0.29) is 5.91 Å². The molecule has 22 heavy (non-hydrogen) atoms. The van der Waals surface area contributed by atoms with Gasteiger partial charge in [-0.3, -0.25) is 4.79 Å². The Morgan fingerprint density at radius 3 is 2.91 bits per heavy atom. The summed E-state index contributed by atoms with van der Waals surface area (Å²) in [6.07, 6.45) is 1.45. The van der Waals surface area contributed by atoms with Crippen LogP contribution in [0.1, 0.15) is 16.1 Å². The first-order valence-corrected chi connectivity index (χ1v) is 7.91. The Hall–Kier alpha value is -2.18. The molecule has 112 valence electrons. The van der Waals surface area contributed by atoms with Crippen molar-refractivity contribution in [3.8, 4) is 5.69 Å². The van der Waals surface area contributed by atoms with Crippen molar-refractivity contribution in [1.82, 2.24) is 19.9 Å². The first-order chi connectivity index (χ1) is 10.7.